The SMILES string of the molecule is Cc1ccc(-c2nc3nc(C)cc(N4CCN(c5cccc(Cl)c5)CC4)n3n2)cc1. The normalized spacial score (nSPS) is 14.5. The maximum Gasteiger partial charge on any atom is 0.254 e. The van der Waals surface area contributed by atoms with Crippen LogP contribution in [0, 0.1) is 13.8 Å². The number of rotatable bonds is 3. The Bertz CT molecular complexity index is 1190. The maximum absolute atomic E-state index is 6.17. The van der Waals surface area contributed by atoms with E-state index in [0.29, 0.717) is 11.6 Å². The zero-order chi connectivity index (χ0) is 20.7. The molecule has 3 heterocycles. The van der Waals surface area contributed by atoms with Crippen LogP contribution < -0.4 is 9.80 Å². The highest BCUT2D eigenvalue weighted by atomic mass is 35.5. The van der Waals surface area contributed by atoms with Crippen LogP contribution in [0.15, 0.2) is 54.6 Å². The standard InChI is InChI=1S/C23H23ClN6/c1-16-6-8-18(9-7-16)22-26-23-25-17(2)14-21(30(23)27-22)29-12-10-28(11-13-29)20-5-3-4-19(24)15-20/h3-9,14-15H,10-13H2,1-2H3. The van der Waals surface area contributed by atoms with Crippen LogP contribution in [-0.4, -0.2) is 45.8 Å². The lowest BCUT2D eigenvalue weighted by Gasteiger charge is -2.37. The van der Waals surface area contributed by atoms with Gasteiger partial charge in [-0.1, -0.05) is 47.5 Å². The van der Waals surface area contributed by atoms with Crippen molar-refractivity contribution >= 4 is 28.9 Å². The predicted molar refractivity (Wildman–Crippen MR) is 122 cm³/mol. The summed E-state index contributed by atoms with van der Waals surface area (Å²) in [5.74, 6) is 2.37. The minimum Gasteiger partial charge on any atom is -0.368 e. The zero-order valence-electron chi connectivity index (χ0n) is 17.1. The Morgan fingerprint density at radius 2 is 1.57 bits per heavy atom. The van der Waals surface area contributed by atoms with E-state index in [1.165, 1.54) is 11.3 Å². The van der Waals surface area contributed by atoms with E-state index < -0.39 is 0 Å². The molecular formula is C23H23ClN6. The third-order valence-corrected chi connectivity index (χ3v) is 5.74. The van der Waals surface area contributed by atoms with Gasteiger partial charge in [0.05, 0.1) is 0 Å². The molecule has 0 bridgehead atoms. The first-order valence-corrected chi connectivity index (χ1v) is 10.5. The van der Waals surface area contributed by atoms with E-state index in [9.17, 15) is 0 Å². The van der Waals surface area contributed by atoms with Crippen molar-refractivity contribution in [3.05, 3.63) is 70.9 Å². The first kappa shape index (κ1) is 18.9. The molecular weight excluding hydrogens is 396 g/mol. The van der Waals surface area contributed by atoms with Crippen molar-refractivity contribution in [1.29, 1.82) is 0 Å². The third kappa shape index (κ3) is 3.59. The molecule has 7 heteroatoms. The summed E-state index contributed by atoms with van der Waals surface area (Å²) in [6.45, 7) is 7.71. The van der Waals surface area contributed by atoms with Crippen LogP contribution in [0.3, 0.4) is 0 Å². The summed E-state index contributed by atoms with van der Waals surface area (Å²) in [6.07, 6.45) is 0. The molecule has 1 saturated heterocycles. The van der Waals surface area contributed by atoms with Gasteiger partial charge in [-0.15, -0.1) is 5.10 Å². The second kappa shape index (κ2) is 7.61. The van der Waals surface area contributed by atoms with Gasteiger partial charge in [0.1, 0.15) is 5.82 Å². The highest BCUT2D eigenvalue weighted by Gasteiger charge is 2.21. The van der Waals surface area contributed by atoms with Gasteiger partial charge >= 0.3 is 0 Å². The number of aromatic nitrogens is 4. The average Bonchev–Trinajstić information content (AvgIpc) is 3.17. The van der Waals surface area contributed by atoms with Crippen LogP contribution >= 0.6 is 11.6 Å². The summed E-state index contributed by atoms with van der Waals surface area (Å²) in [7, 11) is 0. The zero-order valence-corrected chi connectivity index (χ0v) is 17.8. The number of piperazine rings is 1. The molecule has 5 rings (SSSR count). The molecule has 6 nitrogen and oxygen atoms in total. The quantitative estimate of drug-likeness (QED) is 0.494. The van der Waals surface area contributed by atoms with Crippen molar-refractivity contribution in [2.75, 3.05) is 36.0 Å². The van der Waals surface area contributed by atoms with Crippen LogP contribution in [0.2, 0.25) is 5.02 Å². The fourth-order valence-electron chi connectivity index (χ4n) is 3.88. The molecule has 0 N–H and O–H groups in total. The van der Waals surface area contributed by atoms with Gasteiger partial charge in [0.2, 0.25) is 0 Å². The van der Waals surface area contributed by atoms with Crippen molar-refractivity contribution in [3.63, 3.8) is 0 Å². The molecule has 0 aliphatic carbocycles. The molecule has 4 aromatic rings. The minimum absolute atomic E-state index is 0.637. The van der Waals surface area contributed by atoms with Crippen molar-refractivity contribution in [3.8, 4) is 11.4 Å². The van der Waals surface area contributed by atoms with E-state index in [2.05, 4.69) is 58.1 Å². The van der Waals surface area contributed by atoms with Crippen LogP contribution in [0.5, 0.6) is 0 Å². The van der Waals surface area contributed by atoms with Crippen LogP contribution in [0.25, 0.3) is 17.2 Å². The van der Waals surface area contributed by atoms with Crippen molar-refractivity contribution in [2.45, 2.75) is 13.8 Å². The largest absolute Gasteiger partial charge is 0.368 e. The van der Waals surface area contributed by atoms with Crippen LogP contribution in [0.4, 0.5) is 11.5 Å². The van der Waals surface area contributed by atoms with Crippen LogP contribution in [-0.2, 0) is 0 Å². The lowest BCUT2D eigenvalue weighted by atomic mass is 10.1. The number of nitrogens with zero attached hydrogens (tertiary/aromatic N) is 6. The molecule has 1 fully saturated rings. The van der Waals surface area contributed by atoms with Crippen molar-refractivity contribution in [1.82, 2.24) is 19.6 Å². The third-order valence-electron chi connectivity index (χ3n) is 5.51. The Labute approximate surface area is 180 Å². The van der Waals surface area contributed by atoms with Gasteiger partial charge in [0.15, 0.2) is 5.82 Å². The molecule has 0 radical (unpaired) electrons. The summed E-state index contributed by atoms with van der Waals surface area (Å²) in [4.78, 5) is 14.0. The van der Waals surface area contributed by atoms with Gasteiger partial charge in [-0.3, -0.25) is 0 Å². The first-order valence-electron chi connectivity index (χ1n) is 10.1. The fraction of sp³-hybridized carbons (Fsp3) is 0.261. The lowest BCUT2D eigenvalue weighted by molar-refractivity contribution is 0.638. The summed E-state index contributed by atoms with van der Waals surface area (Å²) in [5, 5.41) is 5.56. The van der Waals surface area contributed by atoms with Crippen molar-refractivity contribution < 1.29 is 0 Å². The van der Waals surface area contributed by atoms with Gasteiger partial charge in [0.25, 0.3) is 5.78 Å². The molecule has 0 amide bonds. The number of hydrogen-bond donors (Lipinski definition) is 0. The van der Waals surface area contributed by atoms with Gasteiger partial charge in [-0.05, 0) is 32.0 Å². The van der Waals surface area contributed by atoms with Gasteiger partial charge in [-0.2, -0.15) is 9.50 Å². The van der Waals surface area contributed by atoms with Gasteiger partial charge < -0.3 is 9.80 Å². The average molecular weight is 419 g/mol. The Morgan fingerprint density at radius 3 is 2.30 bits per heavy atom. The number of benzene rings is 2. The maximum atomic E-state index is 6.17. The molecule has 2 aromatic carbocycles. The molecule has 30 heavy (non-hydrogen) atoms. The van der Waals surface area contributed by atoms with E-state index >= 15 is 0 Å². The fourth-order valence-corrected chi connectivity index (χ4v) is 4.07. The van der Waals surface area contributed by atoms with Crippen LogP contribution in [0.1, 0.15) is 11.3 Å². The summed E-state index contributed by atoms with van der Waals surface area (Å²) < 4.78 is 1.87. The molecule has 0 unspecified atom stereocenters. The number of aryl methyl sites for hydroxylation is 2. The molecule has 152 valence electrons. The van der Waals surface area contributed by atoms with Gasteiger partial charge in [-0.25, -0.2) is 4.98 Å². The van der Waals surface area contributed by atoms with Gasteiger partial charge in [0, 0.05) is 54.2 Å². The molecule has 0 atom stereocenters. The number of fused-ring (bicyclic) bond motifs is 1. The van der Waals surface area contributed by atoms with Crippen molar-refractivity contribution in [2.24, 2.45) is 0 Å². The van der Waals surface area contributed by atoms with E-state index in [0.717, 1.165) is 48.3 Å². The van der Waals surface area contributed by atoms with E-state index in [1.807, 2.05) is 29.6 Å². The number of halogens is 1. The minimum atomic E-state index is 0.637. The van der Waals surface area contributed by atoms with E-state index in [-0.39, 0.29) is 0 Å². The molecule has 0 spiro atoms. The Morgan fingerprint density at radius 1 is 0.833 bits per heavy atom. The van der Waals surface area contributed by atoms with E-state index in [4.69, 9.17) is 21.7 Å². The molecule has 1 aliphatic rings. The highest BCUT2D eigenvalue weighted by Crippen LogP contribution is 2.25. The molecule has 1 aliphatic heterocycles. The topological polar surface area (TPSA) is 49.6 Å². The summed E-state index contributed by atoms with van der Waals surface area (Å²) in [5.41, 5.74) is 4.33. The second-order valence-electron chi connectivity index (χ2n) is 7.72. The Hall–Kier alpha value is -3.12. The second-order valence-corrected chi connectivity index (χ2v) is 8.16. The van der Waals surface area contributed by atoms with E-state index in [1.54, 1.807) is 0 Å². The number of anilines is 2. The number of hydrogen-bond acceptors (Lipinski definition) is 5. The summed E-state index contributed by atoms with van der Waals surface area (Å²) >= 11 is 6.17. The first-order chi connectivity index (χ1) is 14.6. The molecule has 2 aromatic heterocycles. The lowest BCUT2D eigenvalue weighted by Crippen LogP contribution is -2.47. The predicted octanol–water partition coefficient (Wildman–Crippen LogP) is 4.39. The summed E-state index contributed by atoms with van der Waals surface area (Å²) in [6, 6.07) is 18.4. The Balaban J connectivity index is 1.43. The smallest absolute Gasteiger partial charge is 0.254 e. The monoisotopic (exact) mass is 418 g/mol. The Kier molecular flexibility index (Phi) is 4.79. The molecule has 0 saturated carbocycles. The highest BCUT2D eigenvalue weighted by molar-refractivity contribution is 6.30.